The fraction of sp³-hybridized carbons (Fsp3) is 0.185. The van der Waals surface area contributed by atoms with Gasteiger partial charge in [-0.3, -0.25) is 14.6 Å². The number of carbonyl (C=O) groups is 1. The molecule has 2 heterocycles. The molecule has 3 aromatic rings. The van der Waals surface area contributed by atoms with Crippen molar-refractivity contribution in [2.75, 3.05) is 12.3 Å². The molecule has 8 heteroatoms. The molecule has 0 radical (unpaired) electrons. The van der Waals surface area contributed by atoms with Crippen LogP contribution in [-0.4, -0.2) is 28.3 Å². The lowest BCUT2D eigenvalue weighted by Gasteiger charge is -2.22. The fourth-order valence-corrected chi connectivity index (χ4v) is 3.71. The number of hydrogen-bond acceptors (Lipinski definition) is 6. The Labute approximate surface area is 204 Å². The molecule has 0 atom stereocenters. The Kier molecular flexibility index (Phi) is 7.19. The normalized spacial score (nSPS) is 12.6. The average Bonchev–Trinajstić information content (AvgIpc) is 3.04. The molecule has 1 aliphatic heterocycles. The molecule has 0 fully saturated rings. The molecular weight excluding hydrogens is 440 g/mol. The SMILES string of the molecule is [C-]#[N+]c1cncc(-c2ccc3c(c2)N=C(N)CC(C(=O)N(CCC)OCc2ccc(N)cc2)=C3)c1. The number of aromatic nitrogens is 1. The fourth-order valence-electron chi connectivity index (χ4n) is 3.71. The zero-order valence-corrected chi connectivity index (χ0v) is 19.4. The Morgan fingerprint density at radius 1 is 1.11 bits per heavy atom. The molecule has 0 unspecified atom stereocenters. The Hall–Kier alpha value is -4.48. The minimum atomic E-state index is -0.244. The van der Waals surface area contributed by atoms with E-state index in [0.29, 0.717) is 35.0 Å². The topological polar surface area (TPSA) is 111 Å². The number of pyridine rings is 1. The van der Waals surface area contributed by atoms with Crippen molar-refractivity contribution in [3.8, 4) is 11.1 Å². The van der Waals surface area contributed by atoms with Crippen LogP contribution < -0.4 is 11.5 Å². The van der Waals surface area contributed by atoms with Crippen molar-refractivity contribution in [2.45, 2.75) is 26.4 Å². The summed E-state index contributed by atoms with van der Waals surface area (Å²) in [7, 11) is 0. The van der Waals surface area contributed by atoms with Crippen LogP contribution in [0.5, 0.6) is 0 Å². The van der Waals surface area contributed by atoms with Gasteiger partial charge in [0.05, 0.1) is 12.3 Å². The van der Waals surface area contributed by atoms with Gasteiger partial charge in [-0.2, -0.15) is 0 Å². The first-order valence-electron chi connectivity index (χ1n) is 11.3. The molecule has 0 aliphatic carbocycles. The monoisotopic (exact) mass is 466 g/mol. The van der Waals surface area contributed by atoms with Gasteiger partial charge in [0.1, 0.15) is 12.4 Å². The van der Waals surface area contributed by atoms with E-state index in [1.165, 1.54) is 11.3 Å². The van der Waals surface area contributed by atoms with E-state index in [-0.39, 0.29) is 18.9 Å². The summed E-state index contributed by atoms with van der Waals surface area (Å²) in [6.07, 6.45) is 5.99. The highest BCUT2D eigenvalue weighted by Crippen LogP contribution is 2.33. The number of nitrogen functional groups attached to an aromatic ring is 1. The molecule has 0 bridgehead atoms. The number of hydrogen-bond donors (Lipinski definition) is 2. The van der Waals surface area contributed by atoms with Crippen molar-refractivity contribution in [1.82, 2.24) is 10.0 Å². The zero-order valence-electron chi connectivity index (χ0n) is 19.4. The number of amidine groups is 1. The highest BCUT2D eigenvalue weighted by Gasteiger charge is 2.22. The maximum absolute atomic E-state index is 13.4. The molecule has 1 amide bonds. The highest BCUT2D eigenvalue weighted by molar-refractivity contribution is 6.05. The smallest absolute Gasteiger partial charge is 0.273 e. The Balaban J connectivity index is 1.59. The summed E-state index contributed by atoms with van der Waals surface area (Å²) < 4.78 is 0. The predicted molar refractivity (Wildman–Crippen MR) is 137 cm³/mol. The number of hydroxylamine groups is 2. The van der Waals surface area contributed by atoms with Crippen LogP contribution in [0.2, 0.25) is 0 Å². The Bertz CT molecular complexity index is 1340. The molecule has 2 aromatic carbocycles. The molecule has 4 N–H and O–H groups in total. The molecule has 176 valence electrons. The minimum absolute atomic E-state index is 0.211. The third kappa shape index (κ3) is 5.72. The van der Waals surface area contributed by atoms with Gasteiger partial charge in [-0.15, -0.1) is 0 Å². The molecule has 0 saturated carbocycles. The summed E-state index contributed by atoms with van der Waals surface area (Å²) >= 11 is 0. The van der Waals surface area contributed by atoms with E-state index in [4.69, 9.17) is 22.9 Å². The largest absolute Gasteiger partial charge is 0.399 e. The summed E-state index contributed by atoms with van der Waals surface area (Å²) in [5.74, 6) is 0.0925. The number of aliphatic imine (C=N–C) groups is 1. The molecule has 0 spiro atoms. The molecule has 4 rings (SSSR count). The lowest BCUT2D eigenvalue weighted by atomic mass is 10.0. The van der Waals surface area contributed by atoms with E-state index >= 15 is 0 Å². The highest BCUT2D eigenvalue weighted by atomic mass is 16.7. The van der Waals surface area contributed by atoms with E-state index in [2.05, 4.69) is 14.8 Å². The zero-order chi connectivity index (χ0) is 24.8. The third-order valence-corrected chi connectivity index (χ3v) is 5.48. The number of nitrogens with zero attached hydrogens (tertiary/aromatic N) is 4. The molecular formula is C27H26N6O2. The Morgan fingerprint density at radius 3 is 2.66 bits per heavy atom. The van der Waals surface area contributed by atoms with Crippen molar-refractivity contribution in [1.29, 1.82) is 0 Å². The number of carbonyl (C=O) groups excluding carboxylic acids is 1. The second-order valence-electron chi connectivity index (χ2n) is 8.19. The standard InChI is InChI=1S/C27H26N6O2/c1-3-10-33(35-17-18-4-8-23(28)9-5-18)27(34)21-11-20-7-6-19(13-25(20)32-26(29)14-21)22-12-24(30-2)16-31-15-22/h4-9,11-13,15-16H,3,10,14,17,28H2,1H3,(H2,29,32). The van der Waals surface area contributed by atoms with Gasteiger partial charge < -0.3 is 11.5 Å². The predicted octanol–water partition coefficient (Wildman–Crippen LogP) is 5.03. The lowest BCUT2D eigenvalue weighted by Crippen LogP contribution is -2.34. The second kappa shape index (κ2) is 10.6. The second-order valence-corrected chi connectivity index (χ2v) is 8.19. The first-order chi connectivity index (χ1) is 17.0. The maximum Gasteiger partial charge on any atom is 0.273 e. The first kappa shape index (κ1) is 23.7. The van der Waals surface area contributed by atoms with Crippen LogP contribution in [0.3, 0.4) is 0 Å². The van der Waals surface area contributed by atoms with Crippen LogP contribution >= 0.6 is 0 Å². The molecule has 0 saturated heterocycles. The van der Waals surface area contributed by atoms with Gasteiger partial charge >= 0.3 is 0 Å². The van der Waals surface area contributed by atoms with Crippen molar-refractivity contribution >= 4 is 34.9 Å². The van der Waals surface area contributed by atoms with E-state index < -0.39 is 0 Å². The van der Waals surface area contributed by atoms with Crippen LogP contribution in [0, 0.1) is 6.57 Å². The summed E-state index contributed by atoms with van der Waals surface area (Å²) in [4.78, 5) is 31.4. The maximum atomic E-state index is 13.4. The first-order valence-corrected chi connectivity index (χ1v) is 11.3. The summed E-state index contributed by atoms with van der Waals surface area (Å²) in [6, 6.07) is 14.8. The Morgan fingerprint density at radius 2 is 1.91 bits per heavy atom. The molecule has 1 aliphatic rings. The summed E-state index contributed by atoms with van der Waals surface area (Å²) in [5, 5.41) is 1.39. The van der Waals surface area contributed by atoms with Crippen LogP contribution in [0.4, 0.5) is 17.1 Å². The van der Waals surface area contributed by atoms with Gasteiger partial charge in [0.2, 0.25) is 5.69 Å². The number of rotatable bonds is 7. The van der Waals surface area contributed by atoms with Crippen molar-refractivity contribution in [3.63, 3.8) is 0 Å². The third-order valence-electron chi connectivity index (χ3n) is 5.48. The van der Waals surface area contributed by atoms with E-state index in [1.807, 2.05) is 43.3 Å². The number of fused-ring (bicyclic) bond motifs is 1. The quantitative estimate of drug-likeness (QED) is 0.288. The number of anilines is 1. The van der Waals surface area contributed by atoms with E-state index in [9.17, 15) is 4.79 Å². The summed E-state index contributed by atoms with van der Waals surface area (Å²) in [5.41, 5.74) is 17.6. The molecule has 35 heavy (non-hydrogen) atoms. The lowest BCUT2D eigenvalue weighted by molar-refractivity contribution is -0.187. The number of nitrogens with two attached hydrogens (primary N) is 2. The van der Waals surface area contributed by atoms with Crippen LogP contribution in [0.25, 0.3) is 22.0 Å². The van der Waals surface area contributed by atoms with Gasteiger partial charge in [-0.05, 0) is 53.5 Å². The van der Waals surface area contributed by atoms with E-state index in [1.54, 1.807) is 24.4 Å². The van der Waals surface area contributed by atoms with Crippen molar-refractivity contribution in [2.24, 2.45) is 10.7 Å². The van der Waals surface area contributed by atoms with Crippen molar-refractivity contribution < 1.29 is 9.63 Å². The van der Waals surface area contributed by atoms with Crippen LogP contribution in [-0.2, 0) is 16.2 Å². The van der Waals surface area contributed by atoms with Crippen molar-refractivity contribution in [3.05, 3.63) is 89.0 Å². The minimum Gasteiger partial charge on any atom is -0.399 e. The molecule has 8 nitrogen and oxygen atoms in total. The number of benzene rings is 2. The average molecular weight is 467 g/mol. The van der Waals surface area contributed by atoms with Gasteiger partial charge in [-0.25, -0.2) is 14.9 Å². The van der Waals surface area contributed by atoms with Gasteiger partial charge in [0.15, 0.2) is 0 Å². The van der Waals surface area contributed by atoms with E-state index in [0.717, 1.165) is 28.7 Å². The van der Waals surface area contributed by atoms with Crippen LogP contribution in [0.15, 0.2) is 71.5 Å². The van der Waals surface area contributed by atoms with Gasteiger partial charge in [0, 0.05) is 42.2 Å². The van der Waals surface area contributed by atoms with Gasteiger partial charge in [-0.1, -0.05) is 31.2 Å². The number of amides is 1. The molecule has 1 aromatic heterocycles. The van der Waals surface area contributed by atoms with Crippen LogP contribution in [0.1, 0.15) is 30.9 Å². The van der Waals surface area contributed by atoms with Gasteiger partial charge in [0.25, 0.3) is 5.91 Å². The summed E-state index contributed by atoms with van der Waals surface area (Å²) in [6.45, 7) is 9.89.